The van der Waals surface area contributed by atoms with Gasteiger partial charge >= 0.3 is 0 Å². The van der Waals surface area contributed by atoms with Crippen LogP contribution in [0, 0.1) is 10.1 Å². The second-order valence-corrected chi connectivity index (χ2v) is 4.82. The molecule has 1 amide bonds. The molecule has 0 atom stereocenters. The first-order valence-electron chi connectivity index (χ1n) is 7.07. The third kappa shape index (κ3) is 4.52. The summed E-state index contributed by atoms with van der Waals surface area (Å²) in [5.41, 5.74) is 1.28. The van der Waals surface area contributed by atoms with Crippen molar-refractivity contribution in [2.75, 3.05) is 18.4 Å². The third-order valence-corrected chi connectivity index (χ3v) is 3.20. The number of carbonyl (C=O) groups excluding carboxylic acids is 1. The summed E-state index contributed by atoms with van der Waals surface area (Å²) in [6, 6.07) is 13.3. The number of nitro benzene ring substituents is 1. The van der Waals surface area contributed by atoms with Crippen molar-refractivity contribution in [3.63, 3.8) is 0 Å². The molecule has 0 fully saturated rings. The van der Waals surface area contributed by atoms with Crippen LogP contribution in [0.2, 0.25) is 0 Å². The van der Waals surface area contributed by atoms with Gasteiger partial charge in [-0.3, -0.25) is 14.9 Å². The molecule has 3 N–H and O–H groups in total. The maximum absolute atomic E-state index is 11.8. The van der Waals surface area contributed by atoms with Gasteiger partial charge in [-0.25, -0.2) is 0 Å². The Hall–Kier alpha value is -2.93. The van der Waals surface area contributed by atoms with Gasteiger partial charge in [0, 0.05) is 24.7 Å². The number of benzene rings is 2. The number of hydrogen-bond donors (Lipinski definition) is 3. The molecule has 0 aliphatic carbocycles. The van der Waals surface area contributed by atoms with Gasteiger partial charge in [0.1, 0.15) is 5.69 Å². The fourth-order valence-electron chi connectivity index (χ4n) is 2.04. The topological polar surface area (TPSA) is 104 Å². The van der Waals surface area contributed by atoms with Gasteiger partial charge < -0.3 is 15.7 Å². The number of anilines is 1. The standard InChI is InChI=1S/C16H17N3O4/c20-11-12-6-7-14(15(10-12)19(22)23)17-8-9-18-16(21)13-4-2-1-3-5-13/h1-7,10,17,20H,8-9,11H2,(H,18,21). The van der Waals surface area contributed by atoms with Crippen LogP contribution >= 0.6 is 0 Å². The number of nitrogens with zero attached hydrogens (tertiary/aromatic N) is 1. The number of nitrogens with one attached hydrogen (secondary N) is 2. The minimum Gasteiger partial charge on any atom is -0.392 e. The monoisotopic (exact) mass is 315 g/mol. The van der Waals surface area contributed by atoms with E-state index in [1.165, 1.54) is 6.07 Å². The molecule has 2 aromatic carbocycles. The molecule has 2 rings (SSSR count). The van der Waals surface area contributed by atoms with Crippen molar-refractivity contribution < 1.29 is 14.8 Å². The molecule has 0 heterocycles. The highest BCUT2D eigenvalue weighted by atomic mass is 16.6. The maximum Gasteiger partial charge on any atom is 0.292 e. The molecule has 23 heavy (non-hydrogen) atoms. The van der Waals surface area contributed by atoms with Gasteiger partial charge in [0.2, 0.25) is 0 Å². The summed E-state index contributed by atoms with van der Waals surface area (Å²) in [7, 11) is 0. The number of amides is 1. The van der Waals surface area contributed by atoms with Gasteiger partial charge in [0.15, 0.2) is 0 Å². The maximum atomic E-state index is 11.8. The van der Waals surface area contributed by atoms with E-state index < -0.39 is 4.92 Å². The molecule has 0 saturated carbocycles. The van der Waals surface area contributed by atoms with E-state index >= 15 is 0 Å². The van der Waals surface area contributed by atoms with E-state index in [4.69, 9.17) is 5.11 Å². The van der Waals surface area contributed by atoms with E-state index in [0.717, 1.165) is 0 Å². The van der Waals surface area contributed by atoms with Crippen LogP contribution in [0.15, 0.2) is 48.5 Å². The van der Waals surface area contributed by atoms with Crippen LogP contribution < -0.4 is 10.6 Å². The van der Waals surface area contributed by atoms with Gasteiger partial charge in [-0.05, 0) is 23.8 Å². The van der Waals surface area contributed by atoms with E-state index in [9.17, 15) is 14.9 Å². The Balaban J connectivity index is 1.89. The van der Waals surface area contributed by atoms with Crippen molar-refractivity contribution in [3.05, 3.63) is 69.8 Å². The highest BCUT2D eigenvalue weighted by Crippen LogP contribution is 2.25. The predicted octanol–water partition coefficient (Wildman–Crippen LogP) is 1.93. The molecular weight excluding hydrogens is 298 g/mol. The number of carbonyl (C=O) groups is 1. The molecule has 0 aliphatic rings. The largest absolute Gasteiger partial charge is 0.392 e. The lowest BCUT2D eigenvalue weighted by molar-refractivity contribution is -0.384. The highest BCUT2D eigenvalue weighted by Gasteiger charge is 2.14. The summed E-state index contributed by atoms with van der Waals surface area (Å²) < 4.78 is 0. The summed E-state index contributed by atoms with van der Waals surface area (Å²) in [4.78, 5) is 22.4. The Morgan fingerprint density at radius 2 is 1.87 bits per heavy atom. The van der Waals surface area contributed by atoms with Gasteiger partial charge in [0.25, 0.3) is 11.6 Å². The smallest absolute Gasteiger partial charge is 0.292 e. The number of aliphatic hydroxyl groups is 1. The predicted molar refractivity (Wildman–Crippen MR) is 86.3 cm³/mol. The van der Waals surface area contributed by atoms with Gasteiger partial charge in [-0.15, -0.1) is 0 Å². The lowest BCUT2D eigenvalue weighted by atomic mass is 10.2. The first kappa shape index (κ1) is 16.4. The molecule has 120 valence electrons. The average Bonchev–Trinajstić information content (AvgIpc) is 2.59. The van der Waals surface area contributed by atoms with Gasteiger partial charge in [0.05, 0.1) is 11.5 Å². The fourth-order valence-corrected chi connectivity index (χ4v) is 2.04. The zero-order chi connectivity index (χ0) is 16.7. The van der Waals surface area contributed by atoms with Crippen LogP contribution in [-0.4, -0.2) is 29.0 Å². The Morgan fingerprint density at radius 1 is 1.13 bits per heavy atom. The lowest BCUT2D eigenvalue weighted by Crippen LogP contribution is -2.28. The molecule has 0 spiro atoms. The minimum atomic E-state index is -0.510. The van der Waals surface area contributed by atoms with E-state index in [-0.39, 0.29) is 18.2 Å². The molecule has 0 unspecified atom stereocenters. The third-order valence-electron chi connectivity index (χ3n) is 3.20. The van der Waals surface area contributed by atoms with E-state index in [1.807, 2.05) is 6.07 Å². The summed E-state index contributed by atoms with van der Waals surface area (Å²) in [6.07, 6.45) is 0. The average molecular weight is 315 g/mol. The van der Waals surface area contributed by atoms with Crippen molar-refractivity contribution in [1.29, 1.82) is 0 Å². The molecule has 7 nitrogen and oxygen atoms in total. The van der Waals surface area contributed by atoms with Crippen LogP contribution in [0.4, 0.5) is 11.4 Å². The first-order valence-corrected chi connectivity index (χ1v) is 7.07. The number of rotatable bonds is 7. The second-order valence-electron chi connectivity index (χ2n) is 4.82. The van der Waals surface area contributed by atoms with E-state index in [1.54, 1.807) is 36.4 Å². The van der Waals surface area contributed by atoms with Crippen molar-refractivity contribution in [2.24, 2.45) is 0 Å². The highest BCUT2D eigenvalue weighted by molar-refractivity contribution is 5.94. The normalized spacial score (nSPS) is 10.1. The summed E-state index contributed by atoms with van der Waals surface area (Å²) in [5, 5.41) is 25.7. The molecule has 0 aliphatic heterocycles. The Labute approximate surface area is 133 Å². The van der Waals surface area contributed by atoms with Crippen LogP contribution in [0.1, 0.15) is 15.9 Å². The lowest BCUT2D eigenvalue weighted by Gasteiger charge is -2.09. The Bertz CT molecular complexity index is 689. The molecule has 0 aromatic heterocycles. The van der Waals surface area contributed by atoms with Gasteiger partial charge in [-0.1, -0.05) is 24.3 Å². The van der Waals surface area contributed by atoms with Crippen LogP contribution in [0.25, 0.3) is 0 Å². The second kappa shape index (κ2) is 7.90. The molecule has 0 radical (unpaired) electrons. The Kier molecular flexibility index (Phi) is 5.65. The molecule has 7 heteroatoms. The van der Waals surface area contributed by atoms with Gasteiger partial charge in [-0.2, -0.15) is 0 Å². The van der Waals surface area contributed by atoms with E-state index in [2.05, 4.69) is 10.6 Å². The summed E-state index contributed by atoms with van der Waals surface area (Å²) in [5.74, 6) is -0.197. The molecule has 0 saturated heterocycles. The van der Waals surface area contributed by atoms with Crippen molar-refractivity contribution in [2.45, 2.75) is 6.61 Å². The zero-order valence-electron chi connectivity index (χ0n) is 12.4. The van der Waals surface area contributed by atoms with E-state index in [0.29, 0.717) is 29.9 Å². The fraction of sp³-hybridized carbons (Fsp3) is 0.188. The number of hydrogen-bond acceptors (Lipinski definition) is 5. The Morgan fingerprint density at radius 3 is 2.52 bits per heavy atom. The molecular formula is C16H17N3O4. The SMILES string of the molecule is O=C(NCCNc1ccc(CO)cc1[N+](=O)[O-])c1ccccc1. The van der Waals surface area contributed by atoms with Crippen LogP contribution in [0.5, 0.6) is 0 Å². The zero-order valence-corrected chi connectivity index (χ0v) is 12.4. The van der Waals surface area contributed by atoms with Crippen molar-refractivity contribution in [1.82, 2.24) is 5.32 Å². The van der Waals surface area contributed by atoms with Crippen LogP contribution in [-0.2, 0) is 6.61 Å². The van der Waals surface area contributed by atoms with Crippen molar-refractivity contribution >= 4 is 17.3 Å². The number of aliphatic hydroxyl groups excluding tert-OH is 1. The molecule has 2 aromatic rings. The summed E-state index contributed by atoms with van der Waals surface area (Å²) >= 11 is 0. The summed E-state index contributed by atoms with van der Waals surface area (Å²) in [6.45, 7) is 0.415. The van der Waals surface area contributed by atoms with Crippen LogP contribution in [0.3, 0.4) is 0 Å². The number of nitro groups is 1. The molecule has 0 bridgehead atoms. The first-order chi connectivity index (χ1) is 11.1. The quantitative estimate of drug-likeness (QED) is 0.411. The van der Waals surface area contributed by atoms with Crippen molar-refractivity contribution in [3.8, 4) is 0 Å². The minimum absolute atomic E-state index is 0.106.